The van der Waals surface area contributed by atoms with Crippen molar-refractivity contribution in [1.82, 2.24) is 9.47 Å². The molecular weight excluding hydrogens is 374 g/mol. The van der Waals surface area contributed by atoms with Crippen molar-refractivity contribution in [2.45, 2.75) is 19.4 Å². The van der Waals surface area contributed by atoms with E-state index in [1.165, 1.54) is 16.8 Å². The molecule has 0 radical (unpaired) electrons. The summed E-state index contributed by atoms with van der Waals surface area (Å²) >= 11 is 0. The average Bonchev–Trinajstić information content (AvgIpc) is 3.33. The first-order valence-electron chi connectivity index (χ1n) is 10.5. The molecule has 4 rings (SSSR count). The molecule has 2 aromatic carbocycles. The van der Waals surface area contributed by atoms with E-state index in [0.29, 0.717) is 6.42 Å². The summed E-state index contributed by atoms with van der Waals surface area (Å²) in [5.74, 6) is 1.08. The van der Waals surface area contributed by atoms with Crippen LogP contribution in [0.3, 0.4) is 0 Å². The van der Waals surface area contributed by atoms with E-state index in [9.17, 15) is 4.79 Å². The number of piperazine rings is 1. The van der Waals surface area contributed by atoms with Crippen molar-refractivity contribution in [3.63, 3.8) is 0 Å². The van der Waals surface area contributed by atoms with E-state index in [0.717, 1.165) is 31.9 Å². The predicted octanol–water partition coefficient (Wildman–Crippen LogP) is 4.13. The van der Waals surface area contributed by atoms with Crippen LogP contribution in [-0.2, 0) is 4.79 Å². The maximum atomic E-state index is 13.2. The lowest BCUT2D eigenvalue weighted by Crippen LogP contribution is -2.49. The molecule has 1 saturated heterocycles. The average molecular weight is 404 g/mol. The van der Waals surface area contributed by atoms with Gasteiger partial charge < -0.3 is 19.1 Å². The van der Waals surface area contributed by atoms with E-state index in [1.54, 1.807) is 7.11 Å². The largest absolute Gasteiger partial charge is 0.497 e. The number of hydrogen-bond acceptors (Lipinski definition) is 3. The van der Waals surface area contributed by atoms with Crippen molar-refractivity contribution < 1.29 is 9.53 Å². The van der Waals surface area contributed by atoms with Crippen molar-refractivity contribution in [2.24, 2.45) is 0 Å². The van der Waals surface area contributed by atoms with E-state index in [1.807, 2.05) is 47.6 Å². The molecule has 0 bridgehead atoms. The van der Waals surface area contributed by atoms with Crippen molar-refractivity contribution in [1.29, 1.82) is 0 Å². The molecule has 1 aliphatic heterocycles. The Morgan fingerprint density at radius 3 is 2.23 bits per heavy atom. The fraction of sp³-hybridized carbons (Fsp3) is 0.320. The standard InChI is InChI=1S/C25H29N3O2/c1-20-7-3-4-8-23(20)24(27-13-5-6-14-27)19-25(29)28-17-15-26(16-18-28)21-9-11-22(30-2)12-10-21/h3-14,24H,15-19H2,1-2H3/t24-/m0/s1. The van der Waals surface area contributed by atoms with E-state index >= 15 is 0 Å². The number of methoxy groups -OCH3 is 1. The number of aryl methyl sites for hydroxylation is 1. The molecule has 1 aromatic heterocycles. The summed E-state index contributed by atoms with van der Waals surface area (Å²) in [5, 5.41) is 0. The zero-order chi connectivity index (χ0) is 20.9. The molecular formula is C25H29N3O2. The number of amides is 1. The molecule has 0 unspecified atom stereocenters. The van der Waals surface area contributed by atoms with Crippen LogP contribution in [0.15, 0.2) is 73.1 Å². The summed E-state index contributed by atoms with van der Waals surface area (Å²) in [5.41, 5.74) is 3.60. The minimum Gasteiger partial charge on any atom is -0.497 e. The van der Waals surface area contributed by atoms with Crippen LogP contribution in [0.2, 0.25) is 0 Å². The van der Waals surface area contributed by atoms with Crippen LogP contribution < -0.4 is 9.64 Å². The zero-order valence-electron chi connectivity index (χ0n) is 17.7. The maximum Gasteiger partial charge on any atom is 0.225 e. The summed E-state index contributed by atoms with van der Waals surface area (Å²) in [6, 6.07) is 20.5. The third-order valence-electron chi connectivity index (χ3n) is 5.97. The summed E-state index contributed by atoms with van der Waals surface area (Å²) in [6.07, 6.45) is 4.57. The third-order valence-corrected chi connectivity index (χ3v) is 5.97. The molecule has 2 heterocycles. The highest BCUT2D eigenvalue weighted by Crippen LogP contribution is 2.27. The predicted molar refractivity (Wildman–Crippen MR) is 120 cm³/mol. The summed E-state index contributed by atoms with van der Waals surface area (Å²) in [6.45, 7) is 5.30. The van der Waals surface area contributed by atoms with Gasteiger partial charge in [0, 0.05) is 44.3 Å². The van der Waals surface area contributed by atoms with Crippen LogP contribution in [0.1, 0.15) is 23.6 Å². The van der Waals surface area contributed by atoms with Crippen LogP contribution in [0.4, 0.5) is 5.69 Å². The lowest BCUT2D eigenvalue weighted by Gasteiger charge is -2.37. The lowest BCUT2D eigenvalue weighted by atomic mass is 9.98. The fourth-order valence-electron chi connectivity index (χ4n) is 4.19. The highest BCUT2D eigenvalue weighted by atomic mass is 16.5. The number of nitrogens with zero attached hydrogens (tertiary/aromatic N) is 3. The summed E-state index contributed by atoms with van der Waals surface area (Å²) in [7, 11) is 1.68. The third kappa shape index (κ3) is 4.35. The first kappa shape index (κ1) is 20.1. The van der Waals surface area contributed by atoms with Gasteiger partial charge in [-0.25, -0.2) is 0 Å². The zero-order valence-corrected chi connectivity index (χ0v) is 17.7. The minimum atomic E-state index is 0.0216. The molecule has 1 amide bonds. The van der Waals surface area contributed by atoms with Gasteiger partial charge in [0.25, 0.3) is 0 Å². The number of benzene rings is 2. The summed E-state index contributed by atoms with van der Waals surface area (Å²) in [4.78, 5) is 17.5. The van der Waals surface area contributed by atoms with Crippen molar-refractivity contribution in [3.05, 3.63) is 84.2 Å². The molecule has 0 saturated carbocycles. The van der Waals surface area contributed by atoms with Gasteiger partial charge in [0.1, 0.15) is 5.75 Å². The van der Waals surface area contributed by atoms with E-state index < -0.39 is 0 Å². The maximum absolute atomic E-state index is 13.2. The second kappa shape index (κ2) is 9.08. The quantitative estimate of drug-likeness (QED) is 0.621. The first-order chi connectivity index (χ1) is 14.7. The van der Waals surface area contributed by atoms with Crippen molar-refractivity contribution in [3.8, 4) is 5.75 Å². The van der Waals surface area contributed by atoms with Gasteiger partial charge in [-0.3, -0.25) is 4.79 Å². The van der Waals surface area contributed by atoms with Gasteiger partial charge in [-0.15, -0.1) is 0 Å². The molecule has 3 aromatic rings. The first-order valence-corrected chi connectivity index (χ1v) is 10.5. The van der Waals surface area contributed by atoms with E-state index in [2.05, 4.69) is 46.7 Å². The second-order valence-electron chi connectivity index (χ2n) is 7.77. The number of hydrogen-bond donors (Lipinski definition) is 0. The number of rotatable bonds is 6. The lowest BCUT2D eigenvalue weighted by molar-refractivity contribution is -0.132. The highest BCUT2D eigenvalue weighted by molar-refractivity contribution is 5.77. The molecule has 1 fully saturated rings. The number of carbonyl (C=O) groups excluding carboxylic acids is 1. The van der Waals surface area contributed by atoms with Crippen LogP contribution >= 0.6 is 0 Å². The fourth-order valence-corrected chi connectivity index (χ4v) is 4.19. The Bertz CT molecular complexity index is 958. The highest BCUT2D eigenvalue weighted by Gasteiger charge is 2.25. The molecule has 30 heavy (non-hydrogen) atoms. The Hall–Kier alpha value is -3.21. The molecule has 1 aliphatic rings. The van der Waals surface area contributed by atoms with Crippen molar-refractivity contribution >= 4 is 11.6 Å². The number of aromatic nitrogens is 1. The van der Waals surface area contributed by atoms with Crippen molar-refractivity contribution in [2.75, 3.05) is 38.2 Å². The molecule has 1 atom stereocenters. The molecule has 156 valence electrons. The van der Waals surface area contributed by atoms with Gasteiger partial charge in [0.05, 0.1) is 19.6 Å². The Morgan fingerprint density at radius 1 is 0.933 bits per heavy atom. The topological polar surface area (TPSA) is 37.7 Å². The van der Waals surface area contributed by atoms with Gasteiger partial charge in [0.15, 0.2) is 0 Å². The van der Waals surface area contributed by atoms with E-state index in [4.69, 9.17) is 4.74 Å². The van der Waals surface area contributed by atoms with Crippen LogP contribution in [-0.4, -0.2) is 48.7 Å². The number of carbonyl (C=O) groups is 1. The Kier molecular flexibility index (Phi) is 6.07. The van der Waals surface area contributed by atoms with Crippen LogP contribution in [0.25, 0.3) is 0 Å². The Labute approximate surface area is 178 Å². The molecule has 0 spiro atoms. The molecule has 5 nitrogen and oxygen atoms in total. The molecule has 0 N–H and O–H groups in total. The second-order valence-corrected chi connectivity index (χ2v) is 7.77. The van der Waals surface area contributed by atoms with Gasteiger partial charge in [-0.2, -0.15) is 0 Å². The number of ether oxygens (including phenoxy) is 1. The van der Waals surface area contributed by atoms with Gasteiger partial charge in [-0.1, -0.05) is 24.3 Å². The van der Waals surface area contributed by atoms with Gasteiger partial charge in [-0.05, 0) is 54.4 Å². The molecule has 0 aliphatic carbocycles. The monoisotopic (exact) mass is 403 g/mol. The van der Waals surface area contributed by atoms with Crippen LogP contribution in [0.5, 0.6) is 5.75 Å². The Morgan fingerprint density at radius 2 is 1.60 bits per heavy atom. The SMILES string of the molecule is COc1ccc(N2CCN(C(=O)C[C@@H](c3ccccc3C)n3cccc3)CC2)cc1. The van der Waals surface area contributed by atoms with E-state index in [-0.39, 0.29) is 11.9 Å². The normalized spacial score (nSPS) is 15.1. The number of anilines is 1. The Balaban J connectivity index is 1.42. The van der Waals surface area contributed by atoms with Gasteiger partial charge in [0.2, 0.25) is 5.91 Å². The smallest absolute Gasteiger partial charge is 0.225 e. The van der Waals surface area contributed by atoms with Gasteiger partial charge >= 0.3 is 0 Å². The minimum absolute atomic E-state index is 0.0216. The molecule has 5 heteroatoms. The van der Waals surface area contributed by atoms with Crippen LogP contribution in [0, 0.1) is 6.92 Å². The summed E-state index contributed by atoms with van der Waals surface area (Å²) < 4.78 is 7.39.